The van der Waals surface area contributed by atoms with E-state index in [1.165, 1.54) is 0 Å². The van der Waals surface area contributed by atoms with E-state index >= 15 is 0 Å². The van der Waals surface area contributed by atoms with Gasteiger partial charge in [-0.05, 0) is 127 Å². The third kappa shape index (κ3) is 13.6. The highest BCUT2D eigenvalue weighted by atomic mass is 16.8. The van der Waals surface area contributed by atoms with Crippen molar-refractivity contribution < 1.29 is 72.0 Å². The standard InChI is InChI=1S/C59H95N5O16/c1-17-45-59(12)51(79-56(69)80-59)38(8)61(15)32-34(4)30-57(10,70)50(78-55-48(66)44(60(13)14)28-35(5)74-55)36(6)49(37(7)53(67)76-45)77-46-31-58(11,71-16)52(39(9)75-46)73-27-26-62-22-24-64(25-23-62)40-20-21-43-41(29-40)47(65)42(33-63(43)18-2)54(68)72-19-3/h20-21,29,33-39,44-46,48-52,55,66,70H,17-19,22-28,30-32H2,1-16H3/t34-,35-,36+,37-,38-,39+,44+,45-,46+,48-,49+,50-,51-,52+,55+,57-,58-,59-/m1/s1. The maximum absolute atomic E-state index is 14.9. The molecule has 0 saturated carbocycles. The number of hydrogen-bond donors (Lipinski definition) is 2. The Balaban J connectivity index is 1.09. The van der Waals surface area contributed by atoms with Gasteiger partial charge in [-0.15, -0.1) is 0 Å². The van der Waals surface area contributed by atoms with Crippen molar-refractivity contribution in [1.29, 1.82) is 0 Å². The average molecular weight is 1130 g/mol. The van der Waals surface area contributed by atoms with Crippen molar-refractivity contribution in [2.45, 2.75) is 206 Å². The molecule has 2 aromatic rings. The number of rotatable bonds is 15. The van der Waals surface area contributed by atoms with E-state index in [4.69, 9.17) is 47.4 Å². The molecule has 1 aromatic carbocycles. The number of nitrogens with zero attached hydrogens (tertiary/aromatic N) is 5. The number of piperazine rings is 1. The molecule has 0 unspecified atom stereocenters. The zero-order valence-electron chi connectivity index (χ0n) is 50.5. The Hall–Kier alpha value is -4.00. The van der Waals surface area contributed by atoms with Gasteiger partial charge < -0.3 is 71.9 Å². The Morgan fingerprint density at radius 3 is 2.25 bits per heavy atom. The Labute approximate surface area is 473 Å². The van der Waals surface area contributed by atoms with Gasteiger partial charge in [-0.3, -0.25) is 19.4 Å². The number of methoxy groups -OCH3 is 1. The van der Waals surface area contributed by atoms with Crippen LogP contribution in [-0.4, -0.2) is 219 Å². The lowest BCUT2D eigenvalue weighted by Crippen LogP contribution is -2.61. The Kier molecular flexibility index (Phi) is 20.9. The molecule has 452 valence electrons. The minimum Gasteiger partial charge on any atom is -0.462 e. The largest absolute Gasteiger partial charge is 0.509 e. The van der Waals surface area contributed by atoms with Crippen molar-refractivity contribution in [3.05, 3.63) is 40.2 Å². The number of ether oxygens (including phenoxy) is 10. The third-order valence-electron chi connectivity index (χ3n) is 18.0. The van der Waals surface area contributed by atoms with E-state index in [9.17, 15) is 29.4 Å². The van der Waals surface area contributed by atoms with Crippen LogP contribution >= 0.6 is 0 Å². The second-order valence-corrected chi connectivity index (χ2v) is 24.3. The first-order chi connectivity index (χ1) is 37.7. The number of benzene rings is 1. The van der Waals surface area contributed by atoms with Gasteiger partial charge in [-0.2, -0.15) is 0 Å². The predicted molar refractivity (Wildman–Crippen MR) is 300 cm³/mol. The van der Waals surface area contributed by atoms with E-state index in [0.29, 0.717) is 44.5 Å². The van der Waals surface area contributed by atoms with Crippen molar-refractivity contribution in [2.75, 3.05) is 85.6 Å². The maximum Gasteiger partial charge on any atom is 0.509 e. The highest BCUT2D eigenvalue weighted by Gasteiger charge is 2.58. The van der Waals surface area contributed by atoms with E-state index in [0.717, 1.165) is 37.4 Å². The first kappa shape index (κ1) is 63.6. The monoisotopic (exact) mass is 1130 g/mol. The number of pyridine rings is 1. The zero-order chi connectivity index (χ0) is 58.8. The number of aromatic nitrogens is 1. The summed E-state index contributed by atoms with van der Waals surface area (Å²) in [5.41, 5.74) is -2.49. The lowest BCUT2D eigenvalue weighted by Gasteiger charge is -2.49. The topological polar surface area (TPSA) is 219 Å². The van der Waals surface area contributed by atoms with Crippen molar-refractivity contribution in [3.8, 4) is 0 Å². The van der Waals surface area contributed by atoms with Crippen LogP contribution in [0, 0.1) is 17.8 Å². The number of aliphatic hydroxyl groups excluding tert-OH is 1. The molecule has 6 heterocycles. The predicted octanol–water partition coefficient (Wildman–Crippen LogP) is 5.44. The molecule has 0 radical (unpaired) electrons. The molecule has 5 saturated heterocycles. The highest BCUT2D eigenvalue weighted by molar-refractivity contribution is 5.94. The lowest BCUT2D eigenvalue weighted by atomic mass is 9.77. The summed E-state index contributed by atoms with van der Waals surface area (Å²) in [6, 6.07) is 5.18. The van der Waals surface area contributed by atoms with Crippen LogP contribution in [0.4, 0.5) is 10.5 Å². The van der Waals surface area contributed by atoms with Gasteiger partial charge >= 0.3 is 18.1 Å². The van der Waals surface area contributed by atoms with Gasteiger partial charge in [0.25, 0.3) is 0 Å². The minimum absolute atomic E-state index is 0.0276. The number of esters is 2. The van der Waals surface area contributed by atoms with Crippen LogP contribution in [-0.2, 0) is 58.7 Å². The van der Waals surface area contributed by atoms with Crippen LogP contribution in [0.5, 0.6) is 0 Å². The number of cyclic esters (lactones) is 1. The Morgan fingerprint density at radius 1 is 0.912 bits per heavy atom. The molecule has 2 N–H and O–H groups in total. The molecule has 5 aliphatic rings. The van der Waals surface area contributed by atoms with Gasteiger partial charge in [0.1, 0.15) is 23.9 Å². The van der Waals surface area contributed by atoms with E-state index in [2.05, 4.69) is 14.7 Å². The summed E-state index contributed by atoms with van der Waals surface area (Å²) in [6.07, 6.45) is -6.23. The van der Waals surface area contributed by atoms with Gasteiger partial charge in [-0.25, -0.2) is 9.59 Å². The van der Waals surface area contributed by atoms with Crippen LogP contribution in [0.15, 0.2) is 29.2 Å². The summed E-state index contributed by atoms with van der Waals surface area (Å²) in [4.78, 5) is 62.7. The van der Waals surface area contributed by atoms with Crippen LogP contribution in [0.25, 0.3) is 10.9 Å². The van der Waals surface area contributed by atoms with Gasteiger partial charge in [-0.1, -0.05) is 20.8 Å². The number of fused-ring (bicyclic) bond motifs is 2. The van der Waals surface area contributed by atoms with Crippen LogP contribution < -0.4 is 10.3 Å². The molecular formula is C59H95N5O16. The molecule has 5 fully saturated rings. The summed E-state index contributed by atoms with van der Waals surface area (Å²) < 4.78 is 65.4. The molecule has 1 aromatic heterocycles. The van der Waals surface area contributed by atoms with E-state index < -0.39 is 102 Å². The fraction of sp³-hybridized carbons (Fsp3) is 0.797. The highest BCUT2D eigenvalue weighted by Crippen LogP contribution is 2.42. The van der Waals surface area contributed by atoms with E-state index in [1.54, 1.807) is 41.0 Å². The van der Waals surface area contributed by atoms with Gasteiger partial charge in [0, 0.05) is 94.6 Å². The van der Waals surface area contributed by atoms with Crippen molar-refractivity contribution in [2.24, 2.45) is 17.8 Å². The third-order valence-corrected chi connectivity index (χ3v) is 18.0. The van der Waals surface area contributed by atoms with Gasteiger partial charge in [0.05, 0.1) is 60.3 Å². The number of aliphatic hydroxyl groups is 2. The van der Waals surface area contributed by atoms with Crippen LogP contribution in [0.2, 0.25) is 0 Å². The van der Waals surface area contributed by atoms with Gasteiger partial charge in [0.2, 0.25) is 5.43 Å². The van der Waals surface area contributed by atoms with Crippen molar-refractivity contribution in [3.63, 3.8) is 0 Å². The molecule has 18 atom stereocenters. The summed E-state index contributed by atoms with van der Waals surface area (Å²) in [6.45, 7) is 27.6. The van der Waals surface area contributed by atoms with E-state index in [1.807, 2.05) is 104 Å². The minimum atomic E-state index is -1.59. The van der Waals surface area contributed by atoms with Crippen molar-refractivity contribution >= 4 is 34.7 Å². The number of anilines is 1. The fourth-order valence-corrected chi connectivity index (χ4v) is 13.4. The molecule has 80 heavy (non-hydrogen) atoms. The summed E-state index contributed by atoms with van der Waals surface area (Å²) in [5.74, 6) is -3.18. The summed E-state index contributed by atoms with van der Waals surface area (Å²) in [7, 11) is 7.36. The Morgan fingerprint density at radius 2 is 1.61 bits per heavy atom. The lowest BCUT2D eigenvalue weighted by molar-refractivity contribution is -0.320. The normalized spacial score (nSPS) is 38.3. The SMILES string of the molecule is CCOC(=O)c1cn(CC)c2ccc(N3CCN(CCO[C@H]4[C@H](C)O[C@@H](O[C@H]5[C@H](C)[C@@H](O[C@@H]6O[C@H](C)C[C@H](N(C)C)[C@H]6O)[C@](C)(O)C[C@@H](C)CN(C)[C@H](C)[C@H]6OC(=O)O[C@]6(C)[C@@H](CC)OC(=O)[C@@H]5C)C[C@@]4(C)OC)CC3)cc2c1=O. The molecule has 21 nitrogen and oxygen atoms in total. The summed E-state index contributed by atoms with van der Waals surface area (Å²) in [5, 5.41) is 25.2. The quantitative estimate of drug-likeness (QED) is 0.168. The first-order valence-corrected chi connectivity index (χ1v) is 29.2. The number of carbonyl (C=O) groups excluding carboxylic acids is 3. The molecule has 5 aliphatic heterocycles. The average Bonchev–Trinajstić information content (AvgIpc) is 3.84. The smallest absolute Gasteiger partial charge is 0.462 e. The zero-order valence-corrected chi connectivity index (χ0v) is 50.5. The molecule has 0 amide bonds. The molecule has 0 spiro atoms. The second-order valence-electron chi connectivity index (χ2n) is 24.3. The van der Waals surface area contributed by atoms with Gasteiger partial charge in [0.15, 0.2) is 24.3 Å². The molecule has 0 aliphatic carbocycles. The van der Waals surface area contributed by atoms with Crippen LogP contribution in [0.3, 0.4) is 0 Å². The Bertz CT molecular complexity index is 2490. The second kappa shape index (κ2) is 26.3. The maximum atomic E-state index is 14.9. The number of likely N-dealkylation sites (N-methyl/N-ethyl adjacent to an activating group) is 2. The van der Waals surface area contributed by atoms with Crippen LogP contribution in [0.1, 0.15) is 119 Å². The molecule has 21 heteroatoms. The molecular weight excluding hydrogens is 1030 g/mol. The van der Waals surface area contributed by atoms with Crippen molar-refractivity contribution in [1.82, 2.24) is 19.3 Å². The fourth-order valence-electron chi connectivity index (χ4n) is 13.4. The molecule has 7 rings (SSSR count). The first-order valence-electron chi connectivity index (χ1n) is 29.2. The number of hydrogen-bond acceptors (Lipinski definition) is 20. The van der Waals surface area contributed by atoms with E-state index in [-0.39, 0.29) is 54.5 Å². The number of aryl methyl sites for hydroxylation is 1. The summed E-state index contributed by atoms with van der Waals surface area (Å²) >= 11 is 0. The molecule has 0 bridgehead atoms. The number of carbonyl (C=O) groups is 3.